The summed E-state index contributed by atoms with van der Waals surface area (Å²) in [6, 6.07) is 0. The lowest BCUT2D eigenvalue weighted by Crippen LogP contribution is -2.60. The van der Waals surface area contributed by atoms with E-state index in [4.69, 9.17) is 9.47 Å². The highest BCUT2D eigenvalue weighted by Crippen LogP contribution is 2.90. The molecule has 12 atom stereocenters. The van der Waals surface area contributed by atoms with Gasteiger partial charge in [-0.3, -0.25) is 4.79 Å². The molecule has 6 fully saturated rings. The van der Waals surface area contributed by atoms with Crippen LogP contribution >= 0.6 is 0 Å². The quantitative estimate of drug-likeness (QED) is 0.412. The number of carbonyl (C=O) groups excluding carboxylic acids is 1. The summed E-state index contributed by atoms with van der Waals surface area (Å²) in [6.07, 6.45) is 3.50. The SMILES string of the molecule is CC(=O)OC(C1CC(C)C2C(O1)C(O)C1(C)C3CCC4C(C)(C)C(F)(F)CCC45CC35CCC21C)C(C)(C)O. The molecule has 6 rings (SSSR count). The van der Waals surface area contributed by atoms with Crippen molar-refractivity contribution in [3.63, 3.8) is 0 Å². The molecule has 1 saturated heterocycles. The molecule has 0 amide bonds. The van der Waals surface area contributed by atoms with E-state index in [1.807, 2.05) is 0 Å². The summed E-state index contributed by atoms with van der Waals surface area (Å²) >= 11 is 0. The lowest BCUT2D eigenvalue weighted by atomic mass is 9.41. The lowest BCUT2D eigenvalue weighted by Gasteiger charge is -2.63. The Balaban J connectivity index is 1.35. The number of hydrogen-bond acceptors (Lipinski definition) is 5. The van der Waals surface area contributed by atoms with Gasteiger partial charge in [-0.2, -0.15) is 0 Å². The maximum Gasteiger partial charge on any atom is 0.303 e. The zero-order valence-corrected chi connectivity index (χ0v) is 25.2. The van der Waals surface area contributed by atoms with Crippen LogP contribution in [0.25, 0.3) is 0 Å². The van der Waals surface area contributed by atoms with Crippen molar-refractivity contribution in [2.75, 3.05) is 0 Å². The maximum atomic E-state index is 15.2. The second-order valence-corrected chi connectivity index (χ2v) is 16.3. The third-order valence-electron chi connectivity index (χ3n) is 14.2. The first kappa shape index (κ1) is 28.3. The van der Waals surface area contributed by atoms with E-state index in [0.717, 1.165) is 32.1 Å². The molecule has 222 valence electrons. The highest BCUT2D eigenvalue weighted by molar-refractivity contribution is 5.66. The first-order valence-electron chi connectivity index (χ1n) is 15.4. The largest absolute Gasteiger partial charge is 0.457 e. The number of rotatable bonds is 3. The Labute approximate surface area is 232 Å². The van der Waals surface area contributed by atoms with E-state index in [-0.39, 0.29) is 46.3 Å². The van der Waals surface area contributed by atoms with Crippen molar-refractivity contribution in [3.05, 3.63) is 0 Å². The second kappa shape index (κ2) is 7.98. The first-order chi connectivity index (χ1) is 17.8. The minimum atomic E-state index is -2.63. The summed E-state index contributed by atoms with van der Waals surface area (Å²) in [5.41, 5.74) is -2.83. The molecule has 1 aliphatic heterocycles. The van der Waals surface area contributed by atoms with Gasteiger partial charge in [0.1, 0.15) is 0 Å². The van der Waals surface area contributed by atoms with Crippen LogP contribution in [-0.2, 0) is 14.3 Å². The topological polar surface area (TPSA) is 76.0 Å². The van der Waals surface area contributed by atoms with E-state index >= 15 is 8.78 Å². The van der Waals surface area contributed by atoms with Crippen molar-refractivity contribution in [2.45, 2.75) is 143 Å². The van der Waals surface area contributed by atoms with Gasteiger partial charge in [-0.1, -0.05) is 34.6 Å². The van der Waals surface area contributed by atoms with E-state index in [1.165, 1.54) is 6.92 Å². The fourth-order valence-electron chi connectivity index (χ4n) is 12.3. The fourth-order valence-corrected chi connectivity index (χ4v) is 12.3. The van der Waals surface area contributed by atoms with Crippen LogP contribution in [0.1, 0.15) is 107 Å². The van der Waals surface area contributed by atoms with Gasteiger partial charge in [0.25, 0.3) is 5.92 Å². The van der Waals surface area contributed by atoms with E-state index in [1.54, 1.807) is 27.7 Å². The number of aliphatic hydroxyl groups is 2. The highest BCUT2D eigenvalue weighted by Gasteiger charge is 2.85. The number of esters is 1. The number of halogens is 2. The van der Waals surface area contributed by atoms with Crippen molar-refractivity contribution in [2.24, 2.45) is 50.7 Å². The molecule has 7 heteroatoms. The normalized spacial score (nSPS) is 53.8. The molecule has 12 unspecified atom stereocenters. The Morgan fingerprint density at radius 2 is 1.62 bits per heavy atom. The van der Waals surface area contributed by atoms with Crippen LogP contribution in [0.3, 0.4) is 0 Å². The van der Waals surface area contributed by atoms with Crippen LogP contribution in [0.4, 0.5) is 8.78 Å². The molecular formula is C32H50F2O5. The molecule has 5 nitrogen and oxygen atoms in total. The van der Waals surface area contributed by atoms with Gasteiger partial charge < -0.3 is 19.7 Å². The van der Waals surface area contributed by atoms with Crippen LogP contribution in [-0.4, -0.2) is 52.1 Å². The van der Waals surface area contributed by atoms with Gasteiger partial charge in [-0.15, -0.1) is 0 Å². The zero-order chi connectivity index (χ0) is 28.8. The molecule has 0 bridgehead atoms. The number of alkyl halides is 2. The van der Waals surface area contributed by atoms with E-state index < -0.39 is 52.7 Å². The standard InChI is InChI=1S/C32H50F2O5/c1-17-15-19(25(27(5,6)37)38-18(2)35)39-23-22(17)28(7)11-12-31-16-30(31)13-14-32(33,34)26(3,4)20(30)9-10-21(31)29(28,8)24(23)36/h17,19-25,36-37H,9-16H2,1-8H3. The van der Waals surface area contributed by atoms with Crippen LogP contribution in [0.15, 0.2) is 0 Å². The molecule has 2 N–H and O–H groups in total. The van der Waals surface area contributed by atoms with Crippen LogP contribution in [0.5, 0.6) is 0 Å². The molecule has 0 radical (unpaired) electrons. The Bertz CT molecular complexity index is 1050. The van der Waals surface area contributed by atoms with Crippen LogP contribution < -0.4 is 0 Å². The van der Waals surface area contributed by atoms with Gasteiger partial charge in [-0.25, -0.2) is 8.78 Å². The minimum Gasteiger partial charge on any atom is -0.457 e. The number of ether oxygens (including phenoxy) is 2. The van der Waals surface area contributed by atoms with Gasteiger partial charge >= 0.3 is 5.97 Å². The predicted molar refractivity (Wildman–Crippen MR) is 143 cm³/mol. The number of hydrogen-bond donors (Lipinski definition) is 2. The average Bonchev–Trinajstić information content (AvgIpc) is 3.45. The Morgan fingerprint density at radius 3 is 2.23 bits per heavy atom. The van der Waals surface area contributed by atoms with Crippen molar-refractivity contribution in [3.8, 4) is 0 Å². The maximum absolute atomic E-state index is 15.2. The molecule has 5 aliphatic carbocycles. The van der Waals surface area contributed by atoms with Gasteiger partial charge in [0.15, 0.2) is 6.10 Å². The molecule has 39 heavy (non-hydrogen) atoms. The molecule has 6 aliphatic rings. The average molecular weight is 553 g/mol. The van der Waals surface area contributed by atoms with E-state index in [9.17, 15) is 15.0 Å². The summed E-state index contributed by atoms with van der Waals surface area (Å²) in [4.78, 5) is 11.9. The number of carbonyl (C=O) groups is 1. The zero-order valence-electron chi connectivity index (χ0n) is 25.2. The summed E-state index contributed by atoms with van der Waals surface area (Å²) < 4.78 is 42.7. The molecule has 0 aromatic heterocycles. The third-order valence-corrected chi connectivity index (χ3v) is 14.2. The summed E-state index contributed by atoms with van der Waals surface area (Å²) in [7, 11) is 0. The van der Waals surface area contributed by atoms with Gasteiger partial charge in [-0.05, 0) is 98.7 Å². The molecule has 2 spiro atoms. The van der Waals surface area contributed by atoms with Crippen LogP contribution in [0.2, 0.25) is 0 Å². The van der Waals surface area contributed by atoms with Gasteiger partial charge in [0.2, 0.25) is 0 Å². The molecule has 5 saturated carbocycles. The molecule has 1 heterocycles. The van der Waals surface area contributed by atoms with E-state index in [0.29, 0.717) is 12.8 Å². The van der Waals surface area contributed by atoms with Crippen molar-refractivity contribution in [1.82, 2.24) is 0 Å². The minimum absolute atomic E-state index is 0.0228. The Morgan fingerprint density at radius 1 is 1.03 bits per heavy atom. The predicted octanol–water partition coefficient (Wildman–Crippen LogP) is 6.14. The third kappa shape index (κ3) is 3.25. The molecular weight excluding hydrogens is 502 g/mol. The smallest absolute Gasteiger partial charge is 0.303 e. The Hall–Kier alpha value is -0.790. The number of fused-ring (bicyclic) bond motifs is 4. The van der Waals surface area contributed by atoms with Gasteiger partial charge in [0.05, 0.1) is 23.9 Å². The molecule has 0 aromatic rings. The van der Waals surface area contributed by atoms with Crippen molar-refractivity contribution >= 4 is 5.97 Å². The summed E-state index contributed by atoms with van der Waals surface area (Å²) in [5, 5.41) is 23.2. The molecule has 0 aromatic carbocycles. The van der Waals surface area contributed by atoms with Crippen LogP contribution in [0, 0.1) is 50.7 Å². The van der Waals surface area contributed by atoms with Crippen molar-refractivity contribution in [1.29, 1.82) is 0 Å². The monoisotopic (exact) mass is 552 g/mol. The van der Waals surface area contributed by atoms with Gasteiger partial charge in [0, 0.05) is 24.2 Å². The second-order valence-electron chi connectivity index (χ2n) is 16.3. The first-order valence-corrected chi connectivity index (χ1v) is 15.4. The Kier molecular flexibility index (Phi) is 5.80. The lowest BCUT2D eigenvalue weighted by molar-refractivity contribution is -0.223. The number of aliphatic hydroxyl groups excluding tert-OH is 1. The highest BCUT2D eigenvalue weighted by atomic mass is 19.3. The fraction of sp³-hybridized carbons (Fsp3) is 0.969. The summed E-state index contributed by atoms with van der Waals surface area (Å²) in [6.45, 7) is 15.1. The van der Waals surface area contributed by atoms with Crippen molar-refractivity contribution < 1.29 is 33.3 Å². The summed E-state index contributed by atoms with van der Waals surface area (Å²) in [5.74, 6) is -2.44. The van der Waals surface area contributed by atoms with E-state index in [2.05, 4.69) is 20.8 Å².